The molecule has 1 heterocycles. The lowest BCUT2D eigenvalue weighted by Gasteiger charge is -2.15. The van der Waals surface area contributed by atoms with E-state index in [1.54, 1.807) is 0 Å². The molecule has 0 aliphatic carbocycles. The van der Waals surface area contributed by atoms with Crippen LogP contribution in [-0.2, 0) is 0 Å². The van der Waals surface area contributed by atoms with Crippen LogP contribution in [0.3, 0.4) is 0 Å². The van der Waals surface area contributed by atoms with E-state index in [2.05, 4.69) is 98.0 Å². The van der Waals surface area contributed by atoms with Crippen LogP contribution in [0.4, 0.5) is 0 Å². The topological polar surface area (TPSA) is 38.7 Å². The molecule has 0 aliphatic heterocycles. The van der Waals surface area contributed by atoms with E-state index in [-0.39, 0.29) is 7.43 Å². The van der Waals surface area contributed by atoms with E-state index in [0.29, 0.717) is 0 Å². The molecular formula is C31H49N3. The zero-order chi connectivity index (χ0) is 25.8. The third kappa shape index (κ3) is 7.22. The number of hydrogen-bond donors (Lipinski definition) is 0. The first kappa shape index (κ1) is 31.4. The van der Waals surface area contributed by atoms with Gasteiger partial charge in [-0.05, 0) is 171 Å². The quantitative estimate of drug-likeness (QED) is 0.335. The molecule has 0 aliphatic rings. The first-order valence-electron chi connectivity index (χ1n) is 11.8. The minimum atomic E-state index is 0. The predicted octanol–water partition coefficient (Wildman–Crippen LogP) is 8.51. The molecule has 0 amide bonds. The Morgan fingerprint density at radius 1 is 0.235 bits per heavy atom. The summed E-state index contributed by atoms with van der Waals surface area (Å²) in [6.07, 6.45) is 0. The lowest BCUT2D eigenvalue weighted by molar-refractivity contribution is 0.875. The van der Waals surface area contributed by atoms with Gasteiger partial charge in [-0.2, -0.15) is 0 Å². The molecule has 0 saturated carbocycles. The van der Waals surface area contributed by atoms with E-state index in [1.165, 1.54) is 66.8 Å². The fraction of sp³-hybridized carbons (Fsp3) is 0.516. The van der Waals surface area contributed by atoms with E-state index in [4.69, 9.17) is 0 Å². The molecule has 34 heavy (non-hydrogen) atoms. The molecule has 0 N–H and O–H groups in total. The zero-order valence-electron chi connectivity index (χ0n) is 23.8. The SMILES string of the molecule is C.Cc1c(C)c(C)c(C)c(C)c1C.Cc1c(C)c(C)c(C)c(C)c1C.Cc1nc(C)nc(C)n1. The fourth-order valence-electron chi connectivity index (χ4n) is 4.15. The maximum absolute atomic E-state index is 4.01. The lowest BCUT2D eigenvalue weighted by atomic mass is 9.90. The van der Waals surface area contributed by atoms with Crippen molar-refractivity contribution in [2.45, 2.75) is 111 Å². The highest BCUT2D eigenvalue weighted by atomic mass is 15.0. The van der Waals surface area contributed by atoms with Crippen LogP contribution in [0.1, 0.15) is 91.7 Å². The van der Waals surface area contributed by atoms with Crippen molar-refractivity contribution in [3.05, 3.63) is 84.2 Å². The van der Waals surface area contributed by atoms with Gasteiger partial charge in [-0.15, -0.1) is 0 Å². The number of aryl methyl sites for hydroxylation is 3. The molecule has 3 nitrogen and oxygen atoms in total. The highest BCUT2D eigenvalue weighted by Gasteiger charge is 2.08. The predicted molar refractivity (Wildman–Crippen MR) is 150 cm³/mol. The molecule has 3 aromatic rings. The number of aromatic nitrogens is 3. The monoisotopic (exact) mass is 463 g/mol. The van der Waals surface area contributed by atoms with E-state index < -0.39 is 0 Å². The molecule has 3 heteroatoms. The summed E-state index contributed by atoms with van der Waals surface area (Å²) in [6.45, 7) is 32.1. The molecular weight excluding hydrogens is 414 g/mol. The Kier molecular flexibility index (Phi) is 11.8. The second-order valence-corrected chi connectivity index (χ2v) is 9.48. The molecule has 1 aromatic heterocycles. The molecule has 188 valence electrons. The lowest BCUT2D eigenvalue weighted by Crippen LogP contribution is -1.98. The molecule has 0 fully saturated rings. The van der Waals surface area contributed by atoms with Crippen LogP contribution in [-0.4, -0.2) is 15.0 Å². The van der Waals surface area contributed by atoms with E-state index in [0.717, 1.165) is 17.5 Å². The minimum Gasteiger partial charge on any atom is -0.219 e. The summed E-state index contributed by atoms with van der Waals surface area (Å²) in [5, 5.41) is 0. The van der Waals surface area contributed by atoms with Gasteiger partial charge in [0.1, 0.15) is 17.5 Å². The van der Waals surface area contributed by atoms with Gasteiger partial charge >= 0.3 is 0 Å². The van der Waals surface area contributed by atoms with Crippen LogP contribution >= 0.6 is 0 Å². The third-order valence-electron chi connectivity index (χ3n) is 7.72. The van der Waals surface area contributed by atoms with Crippen molar-refractivity contribution in [3.8, 4) is 0 Å². The van der Waals surface area contributed by atoms with Crippen LogP contribution in [0.5, 0.6) is 0 Å². The first-order chi connectivity index (χ1) is 15.1. The second kappa shape index (κ2) is 12.8. The average Bonchev–Trinajstić information content (AvgIpc) is 2.76. The third-order valence-corrected chi connectivity index (χ3v) is 7.72. The molecule has 0 saturated heterocycles. The number of benzene rings is 2. The highest BCUT2D eigenvalue weighted by Crippen LogP contribution is 2.25. The molecule has 2 aromatic carbocycles. The summed E-state index contributed by atoms with van der Waals surface area (Å²) in [7, 11) is 0. The van der Waals surface area contributed by atoms with Gasteiger partial charge in [0, 0.05) is 0 Å². The van der Waals surface area contributed by atoms with Gasteiger partial charge in [0.15, 0.2) is 0 Å². The molecule has 0 spiro atoms. The average molecular weight is 464 g/mol. The van der Waals surface area contributed by atoms with Crippen LogP contribution in [0.2, 0.25) is 0 Å². The number of rotatable bonds is 0. The van der Waals surface area contributed by atoms with Crippen molar-refractivity contribution in [2.75, 3.05) is 0 Å². The Labute approximate surface area is 210 Å². The Morgan fingerprint density at radius 2 is 0.324 bits per heavy atom. The van der Waals surface area contributed by atoms with E-state index in [9.17, 15) is 0 Å². The smallest absolute Gasteiger partial charge is 0.129 e. The number of nitrogens with zero attached hydrogens (tertiary/aromatic N) is 3. The highest BCUT2D eigenvalue weighted by molar-refractivity contribution is 5.49. The summed E-state index contributed by atoms with van der Waals surface area (Å²) < 4.78 is 0. The molecule has 0 unspecified atom stereocenters. The Bertz CT molecular complexity index is 826. The summed E-state index contributed by atoms with van der Waals surface area (Å²) in [5.41, 5.74) is 17.5. The Balaban J connectivity index is 0.000000479. The Hall–Kier alpha value is -2.55. The van der Waals surface area contributed by atoms with Gasteiger partial charge in [-0.1, -0.05) is 7.43 Å². The van der Waals surface area contributed by atoms with Crippen molar-refractivity contribution >= 4 is 0 Å². The van der Waals surface area contributed by atoms with Gasteiger partial charge in [0.05, 0.1) is 0 Å². The normalized spacial score (nSPS) is 9.97. The minimum absolute atomic E-state index is 0. The summed E-state index contributed by atoms with van der Waals surface area (Å²) in [6, 6.07) is 0. The molecule has 0 radical (unpaired) electrons. The molecule has 0 bridgehead atoms. The Morgan fingerprint density at radius 3 is 0.412 bits per heavy atom. The van der Waals surface area contributed by atoms with Crippen molar-refractivity contribution in [1.29, 1.82) is 0 Å². The largest absolute Gasteiger partial charge is 0.219 e. The van der Waals surface area contributed by atoms with Crippen LogP contribution in [0, 0.1) is 104 Å². The van der Waals surface area contributed by atoms with Crippen LogP contribution in [0.15, 0.2) is 0 Å². The fourth-order valence-corrected chi connectivity index (χ4v) is 4.15. The molecule has 3 rings (SSSR count). The van der Waals surface area contributed by atoms with E-state index >= 15 is 0 Å². The van der Waals surface area contributed by atoms with Crippen molar-refractivity contribution in [2.24, 2.45) is 0 Å². The maximum Gasteiger partial charge on any atom is 0.129 e. The zero-order valence-corrected chi connectivity index (χ0v) is 23.8. The molecule has 0 atom stereocenters. The van der Waals surface area contributed by atoms with Gasteiger partial charge in [0.2, 0.25) is 0 Å². The second-order valence-electron chi connectivity index (χ2n) is 9.48. The standard InChI is InChI=1S/2C12H18.C6H9N3.CH4/c2*1-7-8(2)10(4)12(6)11(5)9(7)3;1-4-7-5(2)9-6(3)8-4;/h2*1-6H3;1-3H3;1H4. The van der Waals surface area contributed by atoms with Gasteiger partial charge < -0.3 is 0 Å². The van der Waals surface area contributed by atoms with Crippen molar-refractivity contribution in [1.82, 2.24) is 15.0 Å². The number of hydrogen-bond acceptors (Lipinski definition) is 3. The van der Waals surface area contributed by atoms with Gasteiger partial charge in [-0.3, -0.25) is 0 Å². The van der Waals surface area contributed by atoms with E-state index in [1.807, 2.05) is 20.8 Å². The van der Waals surface area contributed by atoms with Crippen molar-refractivity contribution in [3.63, 3.8) is 0 Å². The van der Waals surface area contributed by atoms with Gasteiger partial charge in [-0.25, -0.2) is 15.0 Å². The summed E-state index contributed by atoms with van der Waals surface area (Å²) >= 11 is 0. The van der Waals surface area contributed by atoms with Crippen LogP contribution in [0.25, 0.3) is 0 Å². The van der Waals surface area contributed by atoms with Crippen molar-refractivity contribution < 1.29 is 0 Å². The summed E-state index contributed by atoms with van der Waals surface area (Å²) in [4.78, 5) is 12.0. The van der Waals surface area contributed by atoms with Gasteiger partial charge in [0.25, 0.3) is 0 Å². The maximum atomic E-state index is 4.01. The summed E-state index contributed by atoms with van der Waals surface area (Å²) in [5.74, 6) is 2.38. The first-order valence-corrected chi connectivity index (χ1v) is 11.8. The van der Waals surface area contributed by atoms with Crippen LogP contribution < -0.4 is 0 Å².